The van der Waals surface area contributed by atoms with E-state index in [0.29, 0.717) is 0 Å². The van der Waals surface area contributed by atoms with Crippen molar-refractivity contribution in [2.75, 3.05) is 0 Å². The summed E-state index contributed by atoms with van der Waals surface area (Å²) in [6.07, 6.45) is 11.8. The van der Waals surface area contributed by atoms with Gasteiger partial charge in [0.1, 0.15) is 0 Å². The zero-order valence-electron chi connectivity index (χ0n) is 6.67. The lowest BCUT2D eigenvalue weighted by atomic mass is 10.2. The van der Waals surface area contributed by atoms with Gasteiger partial charge in [0, 0.05) is 0 Å². The first-order valence-corrected chi connectivity index (χ1v) is 3.40. The van der Waals surface area contributed by atoms with Gasteiger partial charge in [-0.25, -0.2) is 0 Å². The van der Waals surface area contributed by atoms with Gasteiger partial charge < -0.3 is 0 Å². The van der Waals surface area contributed by atoms with Crippen molar-refractivity contribution in [3.63, 3.8) is 0 Å². The van der Waals surface area contributed by atoms with E-state index in [1.165, 1.54) is 5.57 Å². The molecule has 0 unspecified atom stereocenters. The highest BCUT2D eigenvalue weighted by molar-refractivity contribution is 5.22. The summed E-state index contributed by atoms with van der Waals surface area (Å²) in [5.41, 5.74) is 1.25. The molecule has 54 valence electrons. The van der Waals surface area contributed by atoms with Crippen LogP contribution in [0.1, 0.15) is 13.8 Å². The molecule has 0 saturated heterocycles. The topological polar surface area (TPSA) is 0 Å². The second-order valence-electron chi connectivity index (χ2n) is 2.03. The van der Waals surface area contributed by atoms with E-state index in [9.17, 15) is 0 Å². The minimum atomic E-state index is 1.25. The molecule has 0 heterocycles. The predicted molar refractivity (Wildman–Crippen MR) is 47.9 cm³/mol. The number of hydrogen-bond donors (Lipinski definition) is 0. The van der Waals surface area contributed by atoms with E-state index in [1.54, 1.807) is 6.08 Å². The second kappa shape index (κ2) is 6.09. The summed E-state index contributed by atoms with van der Waals surface area (Å²) < 4.78 is 0. The lowest BCUT2D eigenvalue weighted by molar-refractivity contribution is 1.50. The summed E-state index contributed by atoms with van der Waals surface area (Å²) >= 11 is 0. The third-order valence-corrected chi connectivity index (χ3v) is 1.04. The fraction of sp³-hybridized carbons (Fsp3) is 0.200. The van der Waals surface area contributed by atoms with Gasteiger partial charge in [-0.1, -0.05) is 48.6 Å². The molecule has 10 heavy (non-hydrogen) atoms. The van der Waals surface area contributed by atoms with Crippen molar-refractivity contribution in [1.29, 1.82) is 0 Å². The van der Waals surface area contributed by atoms with E-state index in [4.69, 9.17) is 0 Å². The maximum Gasteiger partial charge on any atom is -0.0398 e. The monoisotopic (exact) mass is 134 g/mol. The van der Waals surface area contributed by atoms with Crippen LogP contribution >= 0.6 is 0 Å². The summed E-state index contributed by atoms with van der Waals surface area (Å²) in [5, 5.41) is 0. The molecular formula is C10H14. The molecule has 0 nitrogen and oxygen atoms in total. The highest BCUT2D eigenvalue weighted by Gasteiger charge is 1.73. The Hall–Kier alpha value is -1.04. The molecule has 0 spiro atoms. The molecule has 0 amide bonds. The van der Waals surface area contributed by atoms with Gasteiger partial charge in [0.2, 0.25) is 0 Å². The molecule has 0 aromatic rings. The van der Waals surface area contributed by atoms with E-state index in [1.807, 2.05) is 31.2 Å². The Kier molecular flexibility index (Phi) is 5.45. The Labute approximate surface area is 63.3 Å². The second-order valence-corrected chi connectivity index (χ2v) is 2.03. The molecule has 0 fully saturated rings. The van der Waals surface area contributed by atoms with Crippen molar-refractivity contribution in [2.45, 2.75) is 13.8 Å². The first-order valence-electron chi connectivity index (χ1n) is 3.40. The van der Waals surface area contributed by atoms with Crippen molar-refractivity contribution in [1.82, 2.24) is 0 Å². The van der Waals surface area contributed by atoms with E-state index in [0.717, 1.165) is 0 Å². The first-order chi connectivity index (χ1) is 4.81. The van der Waals surface area contributed by atoms with Gasteiger partial charge in [0.25, 0.3) is 0 Å². The first kappa shape index (κ1) is 8.96. The van der Waals surface area contributed by atoms with Crippen LogP contribution in [0.3, 0.4) is 0 Å². The van der Waals surface area contributed by atoms with Gasteiger partial charge >= 0.3 is 0 Å². The maximum absolute atomic E-state index is 3.57. The fourth-order valence-corrected chi connectivity index (χ4v) is 0.604. The number of allylic oxidation sites excluding steroid dienone is 7. The Morgan fingerprint density at radius 1 is 1.30 bits per heavy atom. The molecule has 0 aliphatic rings. The minimum Gasteiger partial charge on any atom is -0.0991 e. The minimum absolute atomic E-state index is 1.25. The highest BCUT2D eigenvalue weighted by Crippen LogP contribution is 1.94. The maximum atomic E-state index is 3.57. The molecule has 0 saturated carbocycles. The average Bonchev–Trinajstić information content (AvgIpc) is 1.89. The van der Waals surface area contributed by atoms with Crippen molar-refractivity contribution in [3.05, 3.63) is 48.6 Å². The SMILES string of the molecule is C=C\C=C/C=C(C)\C=C\C. The van der Waals surface area contributed by atoms with Crippen LogP contribution in [0, 0.1) is 0 Å². The molecule has 0 atom stereocenters. The van der Waals surface area contributed by atoms with Crippen molar-refractivity contribution in [2.24, 2.45) is 0 Å². The van der Waals surface area contributed by atoms with Crippen LogP contribution in [0.15, 0.2) is 48.6 Å². The third kappa shape index (κ3) is 5.10. The van der Waals surface area contributed by atoms with Crippen LogP contribution < -0.4 is 0 Å². The largest absolute Gasteiger partial charge is 0.0991 e. The smallest absolute Gasteiger partial charge is 0.0398 e. The molecule has 0 aliphatic heterocycles. The standard InChI is InChI=1S/C10H14/c1-4-6-7-9-10(3)8-5-2/h4-9H,1H2,2-3H3/b7-6-,8-5+,10-9-. The van der Waals surface area contributed by atoms with E-state index < -0.39 is 0 Å². The molecule has 0 bridgehead atoms. The van der Waals surface area contributed by atoms with Crippen LogP contribution in [0.5, 0.6) is 0 Å². The van der Waals surface area contributed by atoms with E-state index >= 15 is 0 Å². The third-order valence-electron chi connectivity index (χ3n) is 1.04. The molecule has 0 radical (unpaired) electrons. The van der Waals surface area contributed by atoms with E-state index in [-0.39, 0.29) is 0 Å². The van der Waals surface area contributed by atoms with Gasteiger partial charge in [0.15, 0.2) is 0 Å². The Morgan fingerprint density at radius 2 is 2.00 bits per heavy atom. The molecule has 0 heteroatoms. The number of hydrogen-bond acceptors (Lipinski definition) is 0. The zero-order valence-corrected chi connectivity index (χ0v) is 6.67. The van der Waals surface area contributed by atoms with Crippen LogP contribution in [-0.4, -0.2) is 0 Å². The molecule has 0 N–H and O–H groups in total. The summed E-state index contributed by atoms with van der Waals surface area (Å²) in [4.78, 5) is 0. The average molecular weight is 134 g/mol. The Balaban J connectivity index is 3.90. The van der Waals surface area contributed by atoms with Gasteiger partial charge in [-0.3, -0.25) is 0 Å². The molecule has 0 aromatic carbocycles. The normalized spacial score (nSPS) is 13.2. The molecule has 0 aromatic heterocycles. The Morgan fingerprint density at radius 3 is 2.50 bits per heavy atom. The quantitative estimate of drug-likeness (QED) is 0.520. The molecule has 0 aliphatic carbocycles. The summed E-state index contributed by atoms with van der Waals surface area (Å²) in [7, 11) is 0. The summed E-state index contributed by atoms with van der Waals surface area (Å²) in [6.45, 7) is 7.64. The van der Waals surface area contributed by atoms with Crippen molar-refractivity contribution in [3.8, 4) is 0 Å². The lowest BCUT2D eigenvalue weighted by Crippen LogP contribution is -1.62. The van der Waals surface area contributed by atoms with Gasteiger partial charge in [-0.05, 0) is 13.8 Å². The van der Waals surface area contributed by atoms with Crippen LogP contribution in [0.25, 0.3) is 0 Å². The fourth-order valence-electron chi connectivity index (χ4n) is 0.604. The van der Waals surface area contributed by atoms with Crippen LogP contribution in [0.4, 0.5) is 0 Å². The Bertz CT molecular complexity index is 168. The van der Waals surface area contributed by atoms with Crippen LogP contribution in [0.2, 0.25) is 0 Å². The van der Waals surface area contributed by atoms with E-state index in [2.05, 4.69) is 19.6 Å². The summed E-state index contributed by atoms with van der Waals surface area (Å²) in [6, 6.07) is 0. The van der Waals surface area contributed by atoms with Gasteiger partial charge in [0.05, 0.1) is 0 Å². The molecular weight excluding hydrogens is 120 g/mol. The predicted octanol–water partition coefficient (Wildman–Crippen LogP) is 3.25. The van der Waals surface area contributed by atoms with Crippen molar-refractivity contribution >= 4 is 0 Å². The zero-order chi connectivity index (χ0) is 7.82. The summed E-state index contributed by atoms with van der Waals surface area (Å²) in [5.74, 6) is 0. The van der Waals surface area contributed by atoms with Gasteiger partial charge in [-0.2, -0.15) is 0 Å². The van der Waals surface area contributed by atoms with Gasteiger partial charge in [-0.15, -0.1) is 0 Å². The van der Waals surface area contributed by atoms with Crippen molar-refractivity contribution < 1.29 is 0 Å². The highest BCUT2D eigenvalue weighted by atomic mass is 13.8. The van der Waals surface area contributed by atoms with Crippen LogP contribution in [-0.2, 0) is 0 Å². The molecule has 0 rings (SSSR count). The number of rotatable bonds is 3. The lowest BCUT2D eigenvalue weighted by Gasteiger charge is -1.84.